The molecule has 19 heavy (non-hydrogen) atoms. The van der Waals surface area contributed by atoms with E-state index in [4.69, 9.17) is 0 Å². The fourth-order valence-corrected chi connectivity index (χ4v) is 3.20. The van der Waals surface area contributed by atoms with E-state index in [-0.39, 0.29) is 5.56 Å². The Morgan fingerprint density at radius 2 is 2.11 bits per heavy atom. The zero-order valence-corrected chi connectivity index (χ0v) is 11.7. The summed E-state index contributed by atoms with van der Waals surface area (Å²) in [5.74, 6) is 1.49. The second-order valence-electron chi connectivity index (χ2n) is 5.64. The maximum Gasteiger partial charge on any atom is 0.263 e. The van der Waals surface area contributed by atoms with E-state index in [1.807, 2.05) is 6.07 Å². The molecule has 1 fully saturated rings. The molecule has 1 N–H and O–H groups in total. The predicted molar refractivity (Wildman–Crippen MR) is 74.2 cm³/mol. The normalized spacial score (nSPS) is 27.1. The van der Waals surface area contributed by atoms with E-state index in [0.717, 1.165) is 11.5 Å². The molecule has 1 nitrogen and oxygen atoms in total. The summed E-state index contributed by atoms with van der Waals surface area (Å²) in [5, 5.41) is 3.53. The minimum Gasteiger partial charge on any atom is -0.310 e. The van der Waals surface area contributed by atoms with Gasteiger partial charge in [0, 0.05) is 18.2 Å². The van der Waals surface area contributed by atoms with Crippen LogP contribution >= 0.6 is 0 Å². The molecule has 106 valence electrons. The van der Waals surface area contributed by atoms with Crippen molar-refractivity contribution < 1.29 is 8.78 Å². The molecule has 3 heteroatoms. The molecule has 1 saturated carbocycles. The standard InChI is InChI=1S/C16H23F2N/c1-3-13-7-8-15(11(13)2)19-10-12-5-4-6-14(9-12)16(17)18/h4-6,9,11,13,15-16,19H,3,7-8,10H2,1-2H3. The number of alkyl halides is 2. The first kappa shape index (κ1) is 14.4. The van der Waals surface area contributed by atoms with Crippen molar-refractivity contribution in [1.82, 2.24) is 5.32 Å². The summed E-state index contributed by atoms with van der Waals surface area (Å²) in [6, 6.07) is 7.25. The van der Waals surface area contributed by atoms with E-state index >= 15 is 0 Å². The molecular weight excluding hydrogens is 244 g/mol. The van der Waals surface area contributed by atoms with Crippen molar-refractivity contribution in [3.63, 3.8) is 0 Å². The Hall–Kier alpha value is -0.960. The van der Waals surface area contributed by atoms with Gasteiger partial charge in [-0.25, -0.2) is 8.78 Å². The molecule has 0 amide bonds. The molecule has 1 aliphatic rings. The summed E-state index contributed by atoms with van der Waals surface area (Å²) >= 11 is 0. The Kier molecular flexibility index (Phi) is 4.92. The lowest BCUT2D eigenvalue weighted by molar-refractivity contribution is 0.151. The monoisotopic (exact) mass is 267 g/mol. The molecule has 0 bridgehead atoms. The van der Waals surface area contributed by atoms with E-state index in [0.29, 0.717) is 18.5 Å². The third-order valence-corrected chi connectivity index (χ3v) is 4.52. The Bertz CT molecular complexity index is 405. The molecule has 0 aromatic heterocycles. The van der Waals surface area contributed by atoms with Crippen LogP contribution < -0.4 is 5.32 Å². The molecule has 2 rings (SSSR count). The fourth-order valence-electron chi connectivity index (χ4n) is 3.20. The van der Waals surface area contributed by atoms with Crippen molar-refractivity contribution in [2.24, 2.45) is 11.8 Å². The Morgan fingerprint density at radius 1 is 1.32 bits per heavy atom. The van der Waals surface area contributed by atoms with Crippen LogP contribution in [0.25, 0.3) is 0 Å². The largest absolute Gasteiger partial charge is 0.310 e. The third-order valence-electron chi connectivity index (χ3n) is 4.52. The molecule has 1 aromatic carbocycles. The van der Waals surface area contributed by atoms with Gasteiger partial charge in [0.1, 0.15) is 0 Å². The molecule has 0 saturated heterocycles. The number of halogens is 2. The summed E-state index contributed by atoms with van der Waals surface area (Å²) in [6.07, 6.45) is 1.34. The van der Waals surface area contributed by atoms with Crippen LogP contribution in [0.5, 0.6) is 0 Å². The SMILES string of the molecule is CCC1CCC(NCc2cccc(C(F)F)c2)C1C. The minimum absolute atomic E-state index is 0.116. The smallest absolute Gasteiger partial charge is 0.263 e. The molecule has 3 atom stereocenters. The van der Waals surface area contributed by atoms with Gasteiger partial charge in [0.05, 0.1) is 0 Å². The Balaban J connectivity index is 1.90. The van der Waals surface area contributed by atoms with E-state index < -0.39 is 6.43 Å². The lowest BCUT2D eigenvalue weighted by Gasteiger charge is -2.21. The topological polar surface area (TPSA) is 12.0 Å². The number of nitrogens with one attached hydrogen (secondary N) is 1. The second-order valence-corrected chi connectivity index (χ2v) is 5.64. The van der Waals surface area contributed by atoms with Gasteiger partial charge in [0.2, 0.25) is 0 Å². The average molecular weight is 267 g/mol. The highest BCUT2D eigenvalue weighted by Crippen LogP contribution is 2.34. The zero-order chi connectivity index (χ0) is 13.8. The highest BCUT2D eigenvalue weighted by atomic mass is 19.3. The van der Waals surface area contributed by atoms with Crippen LogP contribution in [0, 0.1) is 11.8 Å². The Labute approximate surface area is 114 Å². The van der Waals surface area contributed by atoms with Gasteiger partial charge in [-0.2, -0.15) is 0 Å². The van der Waals surface area contributed by atoms with Crippen LogP contribution in [0.4, 0.5) is 8.78 Å². The van der Waals surface area contributed by atoms with Crippen molar-refractivity contribution in [1.29, 1.82) is 0 Å². The van der Waals surface area contributed by atoms with Crippen LogP contribution in [-0.4, -0.2) is 6.04 Å². The summed E-state index contributed by atoms with van der Waals surface area (Å²) in [7, 11) is 0. The summed E-state index contributed by atoms with van der Waals surface area (Å²) in [4.78, 5) is 0. The van der Waals surface area contributed by atoms with Gasteiger partial charge < -0.3 is 5.32 Å². The number of hydrogen-bond acceptors (Lipinski definition) is 1. The Morgan fingerprint density at radius 3 is 2.74 bits per heavy atom. The predicted octanol–water partition coefficient (Wildman–Crippen LogP) is 4.54. The molecule has 1 aliphatic carbocycles. The van der Waals surface area contributed by atoms with Crippen molar-refractivity contribution in [2.75, 3.05) is 0 Å². The molecule has 0 radical (unpaired) electrons. The molecule has 3 unspecified atom stereocenters. The maximum absolute atomic E-state index is 12.6. The maximum atomic E-state index is 12.6. The van der Waals surface area contributed by atoms with Crippen molar-refractivity contribution in [3.8, 4) is 0 Å². The molecule has 0 aliphatic heterocycles. The third kappa shape index (κ3) is 3.53. The van der Waals surface area contributed by atoms with Gasteiger partial charge in [-0.15, -0.1) is 0 Å². The number of benzene rings is 1. The van der Waals surface area contributed by atoms with E-state index in [2.05, 4.69) is 19.2 Å². The lowest BCUT2D eigenvalue weighted by atomic mass is 9.93. The lowest BCUT2D eigenvalue weighted by Crippen LogP contribution is -2.32. The van der Waals surface area contributed by atoms with Gasteiger partial charge in [-0.1, -0.05) is 38.5 Å². The van der Waals surface area contributed by atoms with Gasteiger partial charge in [-0.05, 0) is 36.3 Å². The molecule has 0 heterocycles. The van der Waals surface area contributed by atoms with Crippen LogP contribution in [-0.2, 0) is 6.54 Å². The van der Waals surface area contributed by atoms with Crippen molar-refractivity contribution >= 4 is 0 Å². The van der Waals surface area contributed by atoms with Crippen LogP contribution in [0.1, 0.15) is 50.7 Å². The van der Waals surface area contributed by atoms with E-state index in [1.54, 1.807) is 12.1 Å². The van der Waals surface area contributed by atoms with Crippen LogP contribution in [0.2, 0.25) is 0 Å². The van der Waals surface area contributed by atoms with Gasteiger partial charge in [0.25, 0.3) is 6.43 Å². The van der Waals surface area contributed by atoms with Crippen LogP contribution in [0.15, 0.2) is 24.3 Å². The minimum atomic E-state index is -2.38. The first-order chi connectivity index (χ1) is 9.11. The first-order valence-electron chi connectivity index (χ1n) is 7.22. The summed E-state index contributed by atoms with van der Waals surface area (Å²) < 4.78 is 25.3. The summed E-state index contributed by atoms with van der Waals surface area (Å²) in [6.45, 7) is 5.23. The van der Waals surface area contributed by atoms with Crippen LogP contribution in [0.3, 0.4) is 0 Å². The molecule has 1 aromatic rings. The fraction of sp³-hybridized carbons (Fsp3) is 0.625. The quantitative estimate of drug-likeness (QED) is 0.826. The average Bonchev–Trinajstić information content (AvgIpc) is 2.77. The van der Waals surface area contributed by atoms with Gasteiger partial charge in [0.15, 0.2) is 0 Å². The van der Waals surface area contributed by atoms with Crippen molar-refractivity contribution in [2.45, 2.75) is 52.1 Å². The van der Waals surface area contributed by atoms with Crippen molar-refractivity contribution in [3.05, 3.63) is 35.4 Å². The first-order valence-corrected chi connectivity index (χ1v) is 7.22. The number of hydrogen-bond donors (Lipinski definition) is 1. The van der Waals surface area contributed by atoms with E-state index in [9.17, 15) is 8.78 Å². The molecule has 0 spiro atoms. The summed E-state index contributed by atoms with van der Waals surface area (Å²) in [5.41, 5.74) is 1.06. The molecular formula is C16H23F2N. The highest BCUT2D eigenvalue weighted by Gasteiger charge is 2.30. The number of rotatable bonds is 5. The highest BCUT2D eigenvalue weighted by molar-refractivity contribution is 5.24. The van der Waals surface area contributed by atoms with Gasteiger partial charge in [-0.3, -0.25) is 0 Å². The second kappa shape index (κ2) is 6.47. The van der Waals surface area contributed by atoms with Gasteiger partial charge >= 0.3 is 0 Å². The zero-order valence-electron chi connectivity index (χ0n) is 11.7. The van der Waals surface area contributed by atoms with E-state index in [1.165, 1.54) is 25.3 Å².